The van der Waals surface area contributed by atoms with Gasteiger partial charge in [-0.3, -0.25) is 4.79 Å². The molecule has 0 atom stereocenters. The second kappa shape index (κ2) is 12.8. The lowest BCUT2D eigenvalue weighted by Gasteiger charge is -2.34. The standard InChI is InChI=1S/C27H30ClN5O3S/c1-3-36-27(35)33-14-12-32(13-15-33)25(34)22-11-7-10-21(16-22)19-37-26-29-23(28)17-24(30-26)31(2)18-20-8-5-4-6-9-20/h4-11,16-17H,3,12-15,18-19H2,1-2H3. The summed E-state index contributed by atoms with van der Waals surface area (Å²) in [5.41, 5.74) is 2.79. The first-order chi connectivity index (χ1) is 17.9. The van der Waals surface area contributed by atoms with Crippen molar-refractivity contribution in [3.05, 3.63) is 82.5 Å². The fraction of sp³-hybridized carbons (Fsp3) is 0.333. The van der Waals surface area contributed by atoms with E-state index in [1.165, 1.54) is 17.3 Å². The predicted molar refractivity (Wildman–Crippen MR) is 146 cm³/mol. The second-order valence-electron chi connectivity index (χ2n) is 8.64. The monoisotopic (exact) mass is 539 g/mol. The van der Waals surface area contributed by atoms with Gasteiger partial charge in [-0.2, -0.15) is 0 Å². The van der Waals surface area contributed by atoms with Gasteiger partial charge in [0.2, 0.25) is 0 Å². The Morgan fingerprint density at radius 3 is 2.41 bits per heavy atom. The maximum absolute atomic E-state index is 13.1. The van der Waals surface area contributed by atoms with Crippen molar-refractivity contribution in [2.45, 2.75) is 24.4 Å². The number of hydrogen-bond donors (Lipinski definition) is 0. The van der Waals surface area contributed by atoms with Gasteiger partial charge in [-0.05, 0) is 30.2 Å². The van der Waals surface area contributed by atoms with E-state index in [-0.39, 0.29) is 12.0 Å². The number of piperazine rings is 1. The topological polar surface area (TPSA) is 78.9 Å². The van der Waals surface area contributed by atoms with Crippen molar-refractivity contribution in [3.63, 3.8) is 0 Å². The van der Waals surface area contributed by atoms with Gasteiger partial charge in [-0.15, -0.1) is 0 Å². The Hall–Kier alpha value is -3.30. The molecule has 1 fully saturated rings. The summed E-state index contributed by atoms with van der Waals surface area (Å²) >= 11 is 7.78. The minimum Gasteiger partial charge on any atom is -0.450 e. The lowest BCUT2D eigenvalue weighted by molar-refractivity contribution is 0.0570. The zero-order valence-electron chi connectivity index (χ0n) is 21.0. The average molecular weight is 540 g/mol. The van der Waals surface area contributed by atoms with E-state index >= 15 is 0 Å². The van der Waals surface area contributed by atoms with Crippen LogP contribution in [0.4, 0.5) is 10.6 Å². The largest absolute Gasteiger partial charge is 0.450 e. The van der Waals surface area contributed by atoms with E-state index < -0.39 is 0 Å². The number of aromatic nitrogens is 2. The molecule has 1 saturated heterocycles. The van der Waals surface area contributed by atoms with Gasteiger partial charge < -0.3 is 19.4 Å². The molecule has 0 bridgehead atoms. The highest BCUT2D eigenvalue weighted by molar-refractivity contribution is 7.98. The van der Waals surface area contributed by atoms with E-state index in [2.05, 4.69) is 22.1 Å². The molecule has 4 rings (SSSR count). The van der Waals surface area contributed by atoms with Gasteiger partial charge in [0.1, 0.15) is 11.0 Å². The van der Waals surface area contributed by atoms with Crippen molar-refractivity contribution in [2.24, 2.45) is 0 Å². The van der Waals surface area contributed by atoms with Crippen LogP contribution in [0.2, 0.25) is 5.15 Å². The van der Waals surface area contributed by atoms with Crippen LogP contribution in [0.15, 0.2) is 65.8 Å². The molecule has 3 aromatic rings. The number of rotatable bonds is 8. The molecular weight excluding hydrogens is 510 g/mol. The van der Waals surface area contributed by atoms with E-state index in [1.807, 2.05) is 54.4 Å². The van der Waals surface area contributed by atoms with E-state index in [4.69, 9.17) is 16.3 Å². The van der Waals surface area contributed by atoms with Crippen LogP contribution in [0.3, 0.4) is 0 Å². The molecule has 194 valence electrons. The SMILES string of the molecule is CCOC(=O)N1CCN(C(=O)c2cccc(CSc3nc(Cl)cc(N(C)Cc4ccccc4)n3)c2)CC1. The third kappa shape index (κ3) is 7.36. The van der Waals surface area contributed by atoms with Crippen LogP contribution in [0, 0.1) is 0 Å². The molecule has 2 amide bonds. The molecular formula is C27H30ClN5O3S. The minimum atomic E-state index is -0.328. The van der Waals surface area contributed by atoms with Gasteiger partial charge >= 0.3 is 6.09 Å². The van der Waals surface area contributed by atoms with Crippen LogP contribution >= 0.6 is 23.4 Å². The first kappa shape index (κ1) is 26.8. The van der Waals surface area contributed by atoms with Crippen LogP contribution < -0.4 is 4.90 Å². The third-order valence-electron chi connectivity index (χ3n) is 5.95. The maximum Gasteiger partial charge on any atom is 0.409 e. The lowest BCUT2D eigenvalue weighted by atomic mass is 10.1. The van der Waals surface area contributed by atoms with Crippen LogP contribution in [0.1, 0.15) is 28.4 Å². The number of anilines is 1. The molecule has 0 spiro atoms. The van der Waals surface area contributed by atoms with Gasteiger partial charge in [0, 0.05) is 57.2 Å². The summed E-state index contributed by atoms with van der Waals surface area (Å²) in [6.07, 6.45) is -0.328. The molecule has 37 heavy (non-hydrogen) atoms. The van der Waals surface area contributed by atoms with Crippen LogP contribution in [-0.4, -0.2) is 71.6 Å². The van der Waals surface area contributed by atoms with Crippen LogP contribution in [0.25, 0.3) is 0 Å². The summed E-state index contributed by atoms with van der Waals surface area (Å²) in [4.78, 5) is 39.5. The molecule has 0 radical (unpaired) electrons. The van der Waals surface area contributed by atoms with Gasteiger partial charge in [-0.1, -0.05) is 65.8 Å². The molecule has 1 aromatic heterocycles. The molecule has 0 N–H and O–H groups in total. The molecule has 2 heterocycles. The Bertz CT molecular complexity index is 1220. The summed E-state index contributed by atoms with van der Waals surface area (Å²) in [5.74, 6) is 1.30. The first-order valence-electron chi connectivity index (χ1n) is 12.2. The van der Waals surface area contributed by atoms with Gasteiger partial charge in [0.25, 0.3) is 5.91 Å². The number of amides is 2. The summed E-state index contributed by atoms with van der Waals surface area (Å²) in [7, 11) is 1.97. The number of carbonyl (C=O) groups excluding carboxylic acids is 2. The van der Waals surface area contributed by atoms with Crippen molar-refractivity contribution in [1.82, 2.24) is 19.8 Å². The van der Waals surface area contributed by atoms with Crippen LogP contribution in [0.5, 0.6) is 0 Å². The number of thioether (sulfide) groups is 1. The van der Waals surface area contributed by atoms with E-state index in [0.29, 0.717) is 61.0 Å². The van der Waals surface area contributed by atoms with Crippen molar-refractivity contribution in [1.29, 1.82) is 0 Å². The summed E-state index contributed by atoms with van der Waals surface area (Å²) < 4.78 is 5.06. The summed E-state index contributed by atoms with van der Waals surface area (Å²) in [6.45, 7) is 4.72. The predicted octanol–water partition coefficient (Wildman–Crippen LogP) is 4.97. The normalized spacial score (nSPS) is 13.4. The maximum atomic E-state index is 13.1. The highest BCUT2D eigenvalue weighted by Gasteiger charge is 2.25. The van der Waals surface area contributed by atoms with Crippen molar-refractivity contribution in [3.8, 4) is 0 Å². The highest BCUT2D eigenvalue weighted by Crippen LogP contribution is 2.25. The van der Waals surface area contributed by atoms with Crippen LogP contribution in [-0.2, 0) is 17.0 Å². The first-order valence-corrected chi connectivity index (χ1v) is 13.5. The molecule has 0 aliphatic carbocycles. The van der Waals surface area contributed by atoms with Gasteiger partial charge in [-0.25, -0.2) is 14.8 Å². The Balaban J connectivity index is 1.36. The minimum absolute atomic E-state index is 0.0424. The number of hydrogen-bond acceptors (Lipinski definition) is 7. The number of halogens is 1. The lowest BCUT2D eigenvalue weighted by Crippen LogP contribution is -2.50. The Morgan fingerprint density at radius 2 is 1.68 bits per heavy atom. The quantitative estimate of drug-likeness (QED) is 0.227. The van der Waals surface area contributed by atoms with Gasteiger partial charge in [0.05, 0.1) is 6.61 Å². The third-order valence-corrected chi connectivity index (χ3v) is 7.06. The fourth-order valence-corrected chi connectivity index (χ4v) is 5.04. The average Bonchev–Trinajstić information content (AvgIpc) is 2.92. The fourth-order valence-electron chi connectivity index (χ4n) is 4.02. The highest BCUT2D eigenvalue weighted by atomic mass is 35.5. The number of ether oxygens (including phenoxy) is 1. The molecule has 1 aliphatic rings. The van der Waals surface area contributed by atoms with E-state index in [0.717, 1.165) is 11.4 Å². The van der Waals surface area contributed by atoms with Gasteiger partial charge in [0.15, 0.2) is 5.16 Å². The molecule has 0 unspecified atom stereocenters. The van der Waals surface area contributed by atoms with Crippen molar-refractivity contribution in [2.75, 3.05) is 44.7 Å². The molecule has 10 heteroatoms. The number of nitrogens with zero attached hydrogens (tertiary/aromatic N) is 5. The molecule has 2 aromatic carbocycles. The Morgan fingerprint density at radius 1 is 0.973 bits per heavy atom. The van der Waals surface area contributed by atoms with Crippen molar-refractivity contribution < 1.29 is 14.3 Å². The second-order valence-corrected chi connectivity index (χ2v) is 9.97. The van der Waals surface area contributed by atoms with E-state index in [1.54, 1.807) is 22.8 Å². The number of benzene rings is 2. The Kier molecular flexibility index (Phi) is 9.24. The summed E-state index contributed by atoms with van der Waals surface area (Å²) in [5, 5.41) is 0.965. The summed E-state index contributed by atoms with van der Waals surface area (Å²) in [6, 6.07) is 19.5. The zero-order valence-corrected chi connectivity index (χ0v) is 22.5. The van der Waals surface area contributed by atoms with E-state index in [9.17, 15) is 9.59 Å². The zero-order chi connectivity index (χ0) is 26.2. The number of carbonyl (C=O) groups is 2. The molecule has 1 aliphatic heterocycles. The smallest absolute Gasteiger partial charge is 0.409 e. The molecule has 8 nitrogen and oxygen atoms in total. The Labute approximate surface area is 226 Å². The van der Waals surface area contributed by atoms with Crippen molar-refractivity contribution >= 4 is 41.2 Å². The molecule has 0 saturated carbocycles.